The number of carbonyl (C=O) groups excluding carboxylic acids is 3. The van der Waals surface area contributed by atoms with Gasteiger partial charge in [-0.15, -0.1) is 0 Å². The normalized spacial score (nSPS) is 18.1. The molecule has 0 aromatic carbocycles. The third-order valence-corrected chi connectivity index (χ3v) is 8.28. The highest BCUT2D eigenvalue weighted by molar-refractivity contribution is 6.22. The highest BCUT2D eigenvalue weighted by Crippen LogP contribution is 2.34. The van der Waals surface area contributed by atoms with Crippen LogP contribution in [-0.4, -0.2) is 112 Å². The molecule has 10 heteroatoms. The van der Waals surface area contributed by atoms with Crippen molar-refractivity contribution in [3.05, 3.63) is 23.2 Å². The first-order valence-corrected chi connectivity index (χ1v) is 16.8. The van der Waals surface area contributed by atoms with E-state index in [1.807, 2.05) is 14.7 Å². The van der Waals surface area contributed by atoms with Crippen LogP contribution < -0.4 is 0 Å². The number of aliphatic hydroxyl groups is 3. The third-order valence-electron chi connectivity index (χ3n) is 8.28. The molecule has 4 rings (SSSR count). The van der Waals surface area contributed by atoms with Gasteiger partial charge in [0.2, 0.25) is 11.6 Å². The van der Waals surface area contributed by atoms with E-state index in [9.17, 15) is 19.5 Å². The molecule has 3 saturated heterocycles. The first-order valence-electron chi connectivity index (χ1n) is 16.8. The second-order valence-electron chi connectivity index (χ2n) is 12.2. The van der Waals surface area contributed by atoms with E-state index in [0.29, 0.717) is 23.5 Å². The van der Waals surface area contributed by atoms with E-state index in [2.05, 4.69) is 6.92 Å². The van der Waals surface area contributed by atoms with Crippen molar-refractivity contribution in [2.45, 2.75) is 115 Å². The van der Waals surface area contributed by atoms with Gasteiger partial charge >= 0.3 is 5.97 Å². The fourth-order valence-corrected chi connectivity index (χ4v) is 5.30. The Kier molecular flexibility index (Phi) is 15.5. The average molecular weight is 606 g/mol. The summed E-state index contributed by atoms with van der Waals surface area (Å²) in [5.74, 6) is -0.708. The van der Waals surface area contributed by atoms with Crippen molar-refractivity contribution in [2.75, 3.05) is 52.5 Å². The fourth-order valence-electron chi connectivity index (χ4n) is 5.30. The number of carbonyl (C=O) groups is 3. The second kappa shape index (κ2) is 19.1. The van der Waals surface area contributed by atoms with Gasteiger partial charge in [0, 0.05) is 45.3 Å². The average Bonchev–Trinajstić information content (AvgIpc) is 3.82. The lowest BCUT2D eigenvalue weighted by Crippen LogP contribution is -2.32. The largest absolute Gasteiger partial charge is 0.456 e. The van der Waals surface area contributed by atoms with Crippen LogP contribution >= 0.6 is 0 Å². The molecule has 0 aromatic heterocycles. The molecule has 1 aliphatic carbocycles. The van der Waals surface area contributed by atoms with Crippen molar-refractivity contribution in [1.29, 1.82) is 0 Å². The topological polar surface area (TPSA) is 130 Å². The number of rotatable bonds is 22. The summed E-state index contributed by atoms with van der Waals surface area (Å²) in [6.07, 6.45) is 17.5. The zero-order valence-corrected chi connectivity index (χ0v) is 26.3. The van der Waals surface area contributed by atoms with Crippen molar-refractivity contribution in [3.63, 3.8) is 0 Å². The van der Waals surface area contributed by atoms with Crippen molar-refractivity contribution in [2.24, 2.45) is 0 Å². The highest BCUT2D eigenvalue weighted by atomic mass is 16.6. The zero-order valence-electron chi connectivity index (χ0n) is 26.3. The lowest BCUT2D eigenvalue weighted by Gasteiger charge is -2.21. The number of aliphatic hydroxyl groups excluding tert-OH is 3. The van der Waals surface area contributed by atoms with Crippen molar-refractivity contribution < 1.29 is 34.4 Å². The molecule has 0 amide bonds. The van der Waals surface area contributed by atoms with Gasteiger partial charge in [0.25, 0.3) is 0 Å². The summed E-state index contributed by atoms with van der Waals surface area (Å²) in [7, 11) is 0. The molecule has 0 aromatic rings. The molecular formula is C33H55N3O7. The van der Waals surface area contributed by atoms with Crippen molar-refractivity contribution in [3.8, 4) is 0 Å². The quantitative estimate of drug-likeness (QED) is 0.0732. The predicted octanol–water partition coefficient (Wildman–Crippen LogP) is 3.30. The van der Waals surface area contributed by atoms with Gasteiger partial charge in [0.1, 0.15) is 17.5 Å². The first-order chi connectivity index (χ1) is 20.9. The number of unbranched alkanes of at least 4 members (excludes halogenated alkanes) is 13. The van der Waals surface area contributed by atoms with E-state index in [-0.39, 0.29) is 11.6 Å². The minimum Gasteiger partial charge on any atom is -0.456 e. The number of Topliss-reactive ketones (excluding diaryl/α,β-unsaturated/α-hetero) is 1. The summed E-state index contributed by atoms with van der Waals surface area (Å²) in [6.45, 7) is 6.79. The SMILES string of the molecule is CCCCCCCCCCCCCCCCC(O)C(=O)OC(CO)CO.O=C1C=C(N2CC2)C(=O)C(N2CC2)=C1N1CC1. The summed E-state index contributed by atoms with van der Waals surface area (Å²) >= 11 is 0. The second-order valence-corrected chi connectivity index (χ2v) is 12.2. The van der Waals surface area contributed by atoms with Gasteiger partial charge in [0.15, 0.2) is 6.10 Å². The maximum Gasteiger partial charge on any atom is 0.335 e. The molecule has 0 saturated carbocycles. The molecule has 1 atom stereocenters. The number of allylic oxidation sites excluding steroid dienone is 1. The minimum absolute atomic E-state index is 0.00546. The smallest absolute Gasteiger partial charge is 0.335 e. The monoisotopic (exact) mass is 605 g/mol. The van der Waals surface area contributed by atoms with E-state index in [1.165, 1.54) is 76.7 Å². The summed E-state index contributed by atoms with van der Waals surface area (Å²) in [4.78, 5) is 42.0. The van der Waals surface area contributed by atoms with Crippen LogP contribution in [0.15, 0.2) is 23.2 Å². The van der Waals surface area contributed by atoms with Gasteiger partial charge in [-0.25, -0.2) is 4.79 Å². The molecule has 43 heavy (non-hydrogen) atoms. The maximum absolute atomic E-state index is 12.4. The van der Waals surface area contributed by atoms with Crippen LogP contribution in [0.25, 0.3) is 0 Å². The van der Waals surface area contributed by atoms with Gasteiger partial charge in [-0.3, -0.25) is 9.59 Å². The van der Waals surface area contributed by atoms with Crippen LogP contribution in [0.2, 0.25) is 0 Å². The van der Waals surface area contributed by atoms with Gasteiger partial charge in [-0.1, -0.05) is 96.8 Å². The van der Waals surface area contributed by atoms with Crippen LogP contribution in [0.1, 0.15) is 103 Å². The Balaban J connectivity index is 0.000000252. The summed E-state index contributed by atoms with van der Waals surface area (Å²) in [5, 5.41) is 27.4. The van der Waals surface area contributed by atoms with Gasteiger partial charge in [0.05, 0.1) is 18.9 Å². The third kappa shape index (κ3) is 12.6. The molecule has 3 fully saturated rings. The molecule has 3 N–H and O–H groups in total. The minimum atomic E-state index is -1.16. The molecule has 0 bridgehead atoms. The molecule has 0 radical (unpaired) electrons. The molecule has 3 heterocycles. The number of ketones is 2. The maximum atomic E-state index is 12.4. The van der Waals surface area contributed by atoms with E-state index in [4.69, 9.17) is 14.9 Å². The standard InChI is InChI=1S/C21H42O5.C12H13N3O2/c1-2-3-4-5-6-7-8-9-10-11-12-13-14-15-16-20(24)21(25)26-19(17-22)18-23;16-9-7-8(13-1-2-13)12(17)11(15-5-6-15)10(9)14-3-4-14/h19-20,22-24H,2-18H2,1H3;7H,1-6H2. The molecule has 4 aliphatic rings. The van der Waals surface area contributed by atoms with Gasteiger partial charge in [-0.2, -0.15) is 0 Å². The van der Waals surface area contributed by atoms with Gasteiger partial charge in [-0.05, 0) is 6.42 Å². The Hall–Kier alpha value is -2.43. The summed E-state index contributed by atoms with van der Waals surface area (Å²) in [5.41, 5.74) is 1.89. The Labute approximate surface area is 257 Å². The van der Waals surface area contributed by atoms with Crippen LogP contribution in [0.5, 0.6) is 0 Å². The lowest BCUT2D eigenvalue weighted by molar-refractivity contribution is -0.163. The Morgan fingerprint density at radius 1 is 0.721 bits per heavy atom. The van der Waals surface area contributed by atoms with E-state index in [0.717, 1.165) is 58.5 Å². The fraction of sp³-hybridized carbons (Fsp3) is 0.788. The number of esters is 1. The lowest BCUT2D eigenvalue weighted by atomic mass is 10.0. The molecule has 0 spiro atoms. The number of hydrogen-bond acceptors (Lipinski definition) is 10. The number of hydrogen-bond donors (Lipinski definition) is 3. The summed E-state index contributed by atoms with van der Waals surface area (Å²) in [6, 6.07) is 0. The van der Waals surface area contributed by atoms with Gasteiger partial charge < -0.3 is 34.8 Å². The molecule has 3 aliphatic heterocycles. The molecular weight excluding hydrogens is 550 g/mol. The Bertz CT molecular complexity index is 950. The van der Waals surface area contributed by atoms with Crippen molar-refractivity contribution >= 4 is 17.5 Å². The number of ether oxygens (including phenoxy) is 1. The van der Waals surface area contributed by atoms with Crippen LogP contribution in [0.3, 0.4) is 0 Å². The van der Waals surface area contributed by atoms with E-state index < -0.39 is 31.4 Å². The Morgan fingerprint density at radius 3 is 1.60 bits per heavy atom. The Morgan fingerprint density at radius 2 is 1.16 bits per heavy atom. The predicted molar refractivity (Wildman–Crippen MR) is 165 cm³/mol. The highest BCUT2D eigenvalue weighted by Gasteiger charge is 2.43. The van der Waals surface area contributed by atoms with Crippen molar-refractivity contribution in [1.82, 2.24) is 14.7 Å². The van der Waals surface area contributed by atoms with Crippen LogP contribution in [0.4, 0.5) is 0 Å². The van der Waals surface area contributed by atoms with E-state index in [1.54, 1.807) is 0 Å². The zero-order chi connectivity index (χ0) is 31.0. The first kappa shape index (κ1) is 35.1. The number of nitrogens with zero attached hydrogens (tertiary/aromatic N) is 3. The molecule has 1 unspecified atom stereocenters. The summed E-state index contributed by atoms with van der Waals surface area (Å²) < 4.78 is 4.79. The molecule has 10 nitrogen and oxygen atoms in total. The van der Waals surface area contributed by atoms with Crippen LogP contribution in [-0.2, 0) is 19.1 Å². The van der Waals surface area contributed by atoms with Crippen LogP contribution in [0, 0.1) is 0 Å². The molecule has 244 valence electrons. The van der Waals surface area contributed by atoms with E-state index >= 15 is 0 Å².